The number of amides is 2. The summed E-state index contributed by atoms with van der Waals surface area (Å²) in [4.78, 5) is 16.0. The molecule has 0 spiro atoms. The second-order valence-electron chi connectivity index (χ2n) is 5.47. The lowest BCUT2D eigenvalue weighted by atomic mass is 10.1. The third kappa shape index (κ3) is 4.48. The maximum atomic E-state index is 11.8. The molecule has 6 nitrogen and oxygen atoms in total. The van der Waals surface area contributed by atoms with E-state index in [-0.39, 0.29) is 6.03 Å². The van der Waals surface area contributed by atoms with Gasteiger partial charge in [0.25, 0.3) is 0 Å². The van der Waals surface area contributed by atoms with Gasteiger partial charge in [0.15, 0.2) is 0 Å². The number of nitrogens with one attached hydrogen (secondary N) is 2. The molecule has 0 unspecified atom stereocenters. The highest BCUT2D eigenvalue weighted by atomic mass is 32.1. The van der Waals surface area contributed by atoms with Crippen LogP contribution in [0.2, 0.25) is 0 Å². The number of urea groups is 1. The normalized spacial score (nSPS) is 15.1. The Morgan fingerprint density at radius 1 is 1.32 bits per heavy atom. The van der Waals surface area contributed by atoms with Gasteiger partial charge in [-0.3, -0.25) is 5.32 Å². The van der Waals surface area contributed by atoms with Crippen LogP contribution in [0.25, 0.3) is 0 Å². The molecule has 1 aliphatic carbocycles. The van der Waals surface area contributed by atoms with E-state index in [9.17, 15) is 4.79 Å². The summed E-state index contributed by atoms with van der Waals surface area (Å²) >= 11 is 3.03. The number of hydrogen-bond acceptors (Lipinski definition) is 6. The molecule has 3 rings (SSSR count). The van der Waals surface area contributed by atoms with Crippen LogP contribution in [0.3, 0.4) is 0 Å². The molecule has 2 aromatic rings. The molecule has 0 bridgehead atoms. The third-order valence-electron chi connectivity index (χ3n) is 3.78. The Bertz CT molecular complexity index is 592. The Labute approximate surface area is 137 Å². The molecule has 22 heavy (non-hydrogen) atoms. The van der Waals surface area contributed by atoms with E-state index in [1.807, 2.05) is 5.38 Å². The van der Waals surface area contributed by atoms with Crippen molar-refractivity contribution in [3.05, 3.63) is 21.6 Å². The lowest BCUT2D eigenvalue weighted by Gasteiger charge is -2.04. The topological polar surface area (TPSA) is 79.8 Å². The van der Waals surface area contributed by atoms with E-state index in [2.05, 4.69) is 25.8 Å². The Hall–Kier alpha value is -1.54. The first-order valence-electron chi connectivity index (χ1n) is 7.54. The molecular weight excluding hydrogens is 318 g/mol. The summed E-state index contributed by atoms with van der Waals surface area (Å²) < 4.78 is 0. The molecule has 0 aliphatic heterocycles. The summed E-state index contributed by atoms with van der Waals surface area (Å²) in [6, 6.07) is -0.237. The fraction of sp³-hybridized carbons (Fsp3) is 0.571. The molecule has 2 aromatic heterocycles. The molecule has 1 fully saturated rings. The van der Waals surface area contributed by atoms with Gasteiger partial charge in [0.05, 0.1) is 11.2 Å². The Morgan fingerprint density at radius 3 is 2.95 bits per heavy atom. The smallest absolute Gasteiger partial charge is 0.321 e. The number of aromatic nitrogens is 3. The summed E-state index contributed by atoms with van der Waals surface area (Å²) in [6.45, 7) is 0.559. The van der Waals surface area contributed by atoms with Gasteiger partial charge in [-0.05, 0) is 5.92 Å². The maximum Gasteiger partial charge on any atom is 0.321 e. The Kier molecular flexibility index (Phi) is 5.33. The summed E-state index contributed by atoms with van der Waals surface area (Å²) in [5.74, 6) is 0.743. The van der Waals surface area contributed by atoms with E-state index in [4.69, 9.17) is 0 Å². The molecule has 2 heterocycles. The molecule has 8 heteroatoms. The highest BCUT2D eigenvalue weighted by molar-refractivity contribution is 7.15. The Morgan fingerprint density at radius 2 is 2.18 bits per heavy atom. The first-order valence-corrected chi connectivity index (χ1v) is 9.30. The predicted octanol–water partition coefficient (Wildman–Crippen LogP) is 3.09. The first-order chi connectivity index (χ1) is 10.8. The van der Waals surface area contributed by atoms with Crippen molar-refractivity contribution in [2.75, 3.05) is 11.9 Å². The minimum Gasteiger partial charge on any atom is -0.337 e. The lowest BCUT2D eigenvalue weighted by molar-refractivity contribution is 0.252. The highest BCUT2D eigenvalue weighted by Gasteiger charge is 2.18. The molecule has 0 radical (unpaired) electrons. The number of carbonyl (C=O) groups excluding carboxylic acids is 1. The van der Waals surface area contributed by atoms with E-state index in [1.54, 1.807) is 16.8 Å². The van der Waals surface area contributed by atoms with Crippen molar-refractivity contribution in [2.45, 2.75) is 38.5 Å². The van der Waals surface area contributed by atoms with Crippen molar-refractivity contribution in [1.29, 1.82) is 0 Å². The van der Waals surface area contributed by atoms with Gasteiger partial charge in [-0.2, -0.15) is 0 Å². The highest BCUT2D eigenvalue weighted by Crippen LogP contribution is 2.29. The van der Waals surface area contributed by atoms with Crippen LogP contribution in [0, 0.1) is 5.92 Å². The van der Waals surface area contributed by atoms with Crippen molar-refractivity contribution in [1.82, 2.24) is 20.5 Å². The minimum absolute atomic E-state index is 0.237. The zero-order valence-electron chi connectivity index (χ0n) is 12.2. The fourth-order valence-corrected chi connectivity index (χ4v) is 4.10. The first kappa shape index (κ1) is 15.4. The molecule has 0 saturated heterocycles. The molecule has 2 N–H and O–H groups in total. The maximum absolute atomic E-state index is 11.8. The van der Waals surface area contributed by atoms with E-state index >= 15 is 0 Å². The number of hydrogen-bond donors (Lipinski definition) is 2. The average Bonchev–Trinajstić information content (AvgIpc) is 3.22. The summed E-state index contributed by atoms with van der Waals surface area (Å²) in [5, 5.41) is 17.3. The summed E-state index contributed by atoms with van der Waals surface area (Å²) in [7, 11) is 0. The number of anilines is 1. The molecular formula is C14H19N5OS2. The van der Waals surface area contributed by atoms with Gasteiger partial charge in [0.1, 0.15) is 5.01 Å². The third-order valence-corrected chi connectivity index (χ3v) is 5.27. The summed E-state index contributed by atoms with van der Waals surface area (Å²) in [6.07, 6.45) is 6.97. The van der Waals surface area contributed by atoms with Gasteiger partial charge in [-0.1, -0.05) is 37.0 Å². The minimum atomic E-state index is -0.237. The van der Waals surface area contributed by atoms with Crippen LogP contribution in [0.5, 0.6) is 0 Å². The molecule has 2 amide bonds. The van der Waals surface area contributed by atoms with Crippen molar-refractivity contribution in [3.63, 3.8) is 0 Å². The number of nitrogens with zero attached hydrogens (tertiary/aromatic N) is 3. The van der Waals surface area contributed by atoms with E-state index in [0.717, 1.165) is 29.5 Å². The number of carbonyl (C=O) groups is 1. The second kappa shape index (κ2) is 7.64. The van der Waals surface area contributed by atoms with Gasteiger partial charge in [0.2, 0.25) is 5.13 Å². The predicted molar refractivity (Wildman–Crippen MR) is 88.4 cm³/mol. The van der Waals surface area contributed by atoms with Crippen LogP contribution in [-0.2, 0) is 12.8 Å². The van der Waals surface area contributed by atoms with Crippen molar-refractivity contribution >= 4 is 33.8 Å². The van der Waals surface area contributed by atoms with Crippen LogP contribution < -0.4 is 10.6 Å². The quantitative estimate of drug-likeness (QED) is 0.849. The summed E-state index contributed by atoms with van der Waals surface area (Å²) in [5.41, 5.74) is 2.79. The van der Waals surface area contributed by atoms with Crippen LogP contribution in [0.1, 0.15) is 36.4 Å². The van der Waals surface area contributed by atoms with Crippen LogP contribution in [0.4, 0.5) is 9.93 Å². The van der Waals surface area contributed by atoms with Crippen LogP contribution in [0.15, 0.2) is 10.9 Å². The van der Waals surface area contributed by atoms with Gasteiger partial charge in [-0.25, -0.2) is 9.78 Å². The SMILES string of the molecule is O=C(NCCc1cscn1)Nc1nnc(CC2CCCC2)s1. The Balaban J connectivity index is 1.40. The molecule has 1 saturated carbocycles. The van der Waals surface area contributed by atoms with E-state index in [0.29, 0.717) is 11.7 Å². The average molecular weight is 337 g/mol. The van der Waals surface area contributed by atoms with E-state index in [1.165, 1.54) is 37.0 Å². The number of thiazole rings is 1. The largest absolute Gasteiger partial charge is 0.337 e. The zero-order valence-corrected chi connectivity index (χ0v) is 13.9. The van der Waals surface area contributed by atoms with Gasteiger partial charge in [0, 0.05) is 24.8 Å². The number of rotatable bonds is 6. The van der Waals surface area contributed by atoms with Gasteiger partial charge >= 0.3 is 6.03 Å². The molecule has 0 atom stereocenters. The van der Waals surface area contributed by atoms with Gasteiger partial charge in [-0.15, -0.1) is 21.5 Å². The molecule has 118 valence electrons. The van der Waals surface area contributed by atoms with Gasteiger partial charge < -0.3 is 5.32 Å². The van der Waals surface area contributed by atoms with Crippen LogP contribution >= 0.6 is 22.7 Å². The molecule has 1 aliphatic rings. The van der Waals surface area contributed by atoms with Crippen LogP contribution in [-0.4, -0.2) is 27.8 Å². The standard InChI is InChI=1S/C14H19N5OS2/c20-13(15-6-5-11-8-21-9-16-11)17-14-19-18-12(22-14)7-10-3-1-2-4-10/h8-10H,1-7H2,(H2,15,17,19,20). The lowest BCUT2D eigenvalue weighted by Crippen LogP contribution is -2.30. The molecule has 0 aromatic carbocycles. The monoisotopic (exact) mass is 337 g/mol. The van der Waals surface area contributed by atoms with Crippen molar-refractivity contribution in [3.8, 4) is 0 Å². The van der Waals surface area contributed by atoms with Crippen molar-refractivity contribution in [2.24, 2.45) is 5.92 Å². The fourth-order valence-electron chi connectivity index (χ4n) is 2.65. The van der Waals surface area contributed by atoms with E-state index < -0.39 is 0 Å². The zero-order chi connectivity index (χ0) is 15.2. The van der Waals surface area contributed by atoms with Crippen molar-refractivity contribution < 1.29 is 4.79 Å². The second-order valence-corrected chi connectivity index (χ2v) is 7.25.